The van der Waals surface area contributed by atoms with E-state index in [-0.39, 0.29) is 22.0 Å². The number of hydrogen-bond acceptors (Lipinski definition) is 7. The zero-order valence-corrected chi connectivity index (χ0v) is 18.4. The van der Waals surface area contributed by atoms with Gasteiger partial charge in [0.25, 0.3) is 5.56 Å². The third-order valence-electron chi connectivity index (χ3n) is 4.95. The number of hydrogen-bond donors (Lipinski definition) is 2. The number of fused-ring (bicyclic) bond motifs is 1. The van der Waals surface area contributed by atoms with Crippen LogP contribution in [0.25, 0.3) is 22.0 Å². The molecule has 0 aliphatic heterocycles. The van der Waals surface area contributed by atoms with E-state index in [0.717, 1.165) is 0 Å². The van der Waals surface area contributed by atoms with Gasteiger partial charge in [-0.2, -0.15) is 0 Å². The van der Waals surface area contributed by atoms with Crippen LogP contribution in [0, 0.1) is 0 Å². The van der Waals surface area contributed by atoms with E-state index in [1.807, 2.05) is 6.92 Å². The second kappa shape index (κ2) is 8.80. The third kappa shape index (κ3) is 4.19. The van der Waals surface area contributed by atoms with Crippen molar-refractivity contribution in [2.45, 2.75) is 18.2 Å². The Morgan fingerprint density at radius 3 is 2.72 bits per heavy atom. The average molecular weight is 451 g/mol. The molecule has 4 aromatic rings. The summed E-state index contributed by atoms with van der Waals surface area (Å²) in [5, 5.41) is 4.08. The number of aromatic nitrogens is 3. The molecule has 0 saturated carbocycles. The molecule has 0 amide bonds. The van der Waals surface area contributed by atoms with E-state index in [4.69, 9.17) is 4.74 Å². The molecule has 0 radical (unpaired) electrons. The smallest absolute Gasteiger partial charge is 0.259 e. The summed E-state index contributed by atoms with van der Waals surface area (Å²) in [6.45, 7) is 1.81. The highest BCUT2D eigenvalue weighted by molar-refractivity contribution is 7.91. The number of ether oxygens (including phenoxy) is 1. The van der Waals surface area contributed by atoms with Crippen molar-refractivity contribution in [2.75, 3.05) is 18.2 Å². The number of rotatable bonds is 7. The fourth-order valence-corrected chi connectivity index (χ4v) is 4.97. The Balaban J connectivity index is 1.91. The molecule has 1 aromatic carbocycles. The zero-order chi connectivity index (χ0) is 22.7. The van der Waals surface area contributed by atoms with E-state index in [2.05, 4.69) is 20.3 Å². The van der Waals surface area contributed by atoms with Gasteiger partial charge in [-0.15, -0.1) is 0 Å². The molecule has 32 heavy (non-hydrogen) atoms. The lowest BCUT2D eigenvalue weighted by Crippen LogP contribution is -2.12. The Hall–Kier alpha value is -3.72. The molecular weight excluding hydrogens is 428 g/mol. The van der Waals surface area contributed by atoms with E-state index < -0.39 is 9.84 Å². The van der Waals surface area contributed by atoms with Crippen molar-refractivity contribution in [1.29, 1.82) is 0 Å². The highest BCUT2D eigenvalue weighted by Crippen LogP contribution is 2.31. The first kappa shape index (κ1) is 21.5. The van der Waals surface area contributed by atoms with Crippen molar-refractivity contribution in [3.05, 3.63) is 71.4 Å². The second-order valence-electron chi connectivity index (χ2n) is 7.18. The minimum atomic E-state index is -3.50. The highest BCUT2D eigenvalue weighted by atomic mass is 32.2. The van der Waals surface area contributed by atoms with Gasteiger partial charge in [0.15, 0.2) is 9.84 Å². The summed E-state index contributed by atoms with van der Waals surface area (Å²) in [6, 6.07) is 12.0. The maximum Gasteiger partial charge on any atom is 0.259 e. The van der Waals surface area contributed by atoms with Crippen molar-refractivity contribution in [3.8, 4) is 17.0 Å². The molecule has 2 N–H and O–H groups in total. The van der Waals surface area contributed by atoms with Crippen LogP contribution < -0.4 is 15.6 Å². The fourth-order valence-electron chi connectivity index (χ4n) is 3.47. The molecule has 3 heterocycles. The number of aromatic amines is 1. The van der Waals surface area contributed by atoms with Crippen molar-refractivity contribution in [1.82, 2.24) is 15.0 Å². The summed E-state index contributed by atoms with van der Waals surface area (Å²) in [7, 11) is -1.95. The molecule has 0 aliphatic rings. The summed E-state index contributed by atoms with van der Waals surface area (Å²) in [6.07, 6.45) is 5.29. The predicted molar refractivity (Wildman–Crippen MR) is 124 cm³/mol. The molecule has 0 unspecified atom stereocenters. The first-order valence-corrected chi connectivity index (χ1v) is 11.7. The summed E-state index contributed by atoms with van der Waals surface area (Å²) < 4.78 is 30.8. The quantitative estimate of drug-likeness (QED) is 0.439. The van der Waals surface area contributed by atoms with Gasteiger partial charge in [-0.3, -0.25) is 9.78 Å². The minimum Gasteiger partial charge on any atom is -0.495 e. The van der Waals surface area contributed by atoms with Crippen LogP contribution in [0.15, 0.2) is 70.7 Å². The number of nitrogens with one attached hydrogen (secondary N) is 2. The van der Waals surface area contributed by atoms with E-state index in [1.54, 1.807) is 68.2 Å². The van der Waals surface area contributed by atoms with E-state index >= 15 is 0 Å². The molecular formula is C23H22N4O4S. The van der Waals surface area contributed by atoms with Crippen molar-refractivity contribution in [2.24, 2.45) is 0 Å². The predicted octanol–water partition coefficient (Wildman–Crippen LogP) is 3.92. The van der Waals surface area contributed by atoms with Crippen molar-refractivity contribution < 1.29 is 13.2 Å². The number of para-hydroxylation sites is 1. The largest absolute Gasteiger partial charge is 0.495 e. The Morgan fingerprint density at radius 2 is 1.94 bits per heavy atom. The normalized spacial score (nSPS) is 11.4. The number of H-pyrrole nitrogens is 1. The molecule has 8 nitrogen and oxygen atoms in total. The van der Waals surface area contributed by atoms with Gasteiger partial charge >= 0.3 is 0 Å². The molecule has 0 atom stereocenters. The first-order valence-electron chi connectivity index (χ1n) is 10.0. The van der Waals surface area contributed by atoms with Crippen LogP contribution in [0.1, 0.15) is 13.3 Å². The van der Waals surface area contributed by atoms with Crippen LogP contribution in [0.5, 0.6) is 5.75 Å². The lowest BCUT2D eigenvalue weighted by Gasteiger charge is -2.14. The van der Waals surface area contributed by atoms with E-state index in [1.165, 1.54) is 0 Å². The van der Waals surface area contributed by atoms with Gasteiger partial charge in [0.2, 0.25) is 0 Å². The Kier molecular flexibility index (Phi) is 5.91. The maximum atomic E-state index is 12.8. The van der Waals surface area contributed by atoms with Crippen LogP contribution in [0.4, 0.5) is 11.5 Å². The number of benzene rings is 1. The van der Waals surface area contributed by atoms with Crippen molar-refractivity contribution >= 4 is 32.1 Å². The summed E-state index contributed by atoms with van der Waals surface area (Å²) in [5.74, 6) is 0.845. The number of nitrogens with zero attached hydrogens (tertiary/aromatic N) is 2. The average Bonchev–Trinajstić information content (AvgIpc) is 2.79. The highest BCUT2D eigenvalue weighted by Gasteiger charge is 2.19. The number of sulfone groups is 1. The third-order valence-corrected chi connectivity index (χ3v) is 6.92. The van der Waals surface area contributed by atoms with E-state index in [9.17, 15) is 13.2 Å². The number of methoxy groups -OCH3 is 1. The molecule has 4 rings (SSSR count). The van der Waals surface area contributed by atoms with Gasteiger partial charge in [0, 0.05) is 18.0 Å². The minimum absolute atomic E-state index is 0.0238. The molecule has 3 aromatic heterocycles. The van der Waals surface area contributed by atoms with Crippen LogP contribution in [0.2, 0.25) is 0 Å². The molecule has 9 heteroatoms. The summed E-state index contributed by atoms with van der Waals surface area (Å²) in [4.78, 5) is 24.3. The molecule has 0 bridgehead atoms. The van der Waals surface area contributed by atoms with Gasteiger partial charge in [-0.25, -0.2) is 13.4 Å². The summed E-state index contributed by atoms with van der Waals surface area (Å²) >= 11 is 0. The van der Waals surface area contributed by atoms with Gasteiger partial charge in [0.1, 0.15) is 11.6 Å². The van der Waals surface area contributed by atoms with Gasteiger partial charge in [0.05, 0.1) is 40.7 Å². The van der Waals surface area contributed by atoms with Crippen molar-refractivity contribution in [3.63, 3.8) is 0 Å². The van der Waals surface area contributed by atoms with Crippen LogP contribution in [0.3, 0.4) is 0 Å². The Bertz CT molecular complexity index is 1450. The lowest BCUT2D eigenvalue weighted by molar-refractivity contribution is 0.413. The van der Waals surface area contributed by atoms with Gasteiger partial charge < -0.3 is 15.0 Å². The SMILES string of the molecule is CCCS(=O)(=O)c1ccccc1Nc1nc(-c2cncc(OC)c2)cc2cc[nH]c(=O)c12. The van der Waals surface area contributed by atoms with Crippen LogP contribution >= 0.6 is 0 Å². The van der Waals surface area contributed by atoms with Gasteiger partial charge in [-0.05, 0) is 42.1 Å². The maximum absolute atomic E-state index is 12.8. The standard InChI is InChI=1S/C23H22N4O4S/c1-3-10-32(29,30)20-7-5-4-6-18(20)26-22-21-15(8-9-25-23(21)28)12-19(27-22)16-11-17(31-2)14-24-13-16/h4-9,11-14H,3,10H2,1-2H3,(H,25,28)(H,26,27). The molecule has 0 fully saturated rings. The fraction of sp³-hybridized carbons (Fsp3) is 0.174. The molecule has 164 valence electrons. The lowest BCUT2D eigenvalue weighted by atomic mass is 10.1. The Morgan fingerprint density at radius 1 is 1.12 bits per heavy atom. The second-order valence-corrected chi connectivity index (χ2v) is 9.26. The molecule has 0 aliphatic carbocycles. The molecule has 0 spiro atoms. The van der Waals surface area contributed by atoms with E-state index in [0.29, 0.717) is 39.9 Å². The summed E-state index contributed by atoms with van der Waals surface area (Å²) in [5.41, 5.74) is 1.29. The monoisotopic (exact) mass is 450 g/mol. The topological polar surface area (TPSA) is 114 Å². The van der Waals surface area contributed by atoms with Gasteiger partial charge in [-0.1, -0.05) is 19.1 Å². The Labute approximate surface area is 185 Å². The first-order chi connectivity index (χ1) is 15.4. The van der Waals surface area contributed by atoms with Crippen LogP contribution in [-0.2, 0) is 9.84 Å². The zero-order valence-electron chi connectivity index (χ0n) is 17.6. The van der Waals surface area contributed by atoms with Crippen LogP contribution in [-0.4, -0.2) is 36.2 Å². The molecule has 0 saturated heterocycles. The number of anilines is 2. The number of pyridine rings is 3.